The largest absolute Gasteiger partial charge is 0.465 e. The number of nitrogens with one attached hydrogen (secondary N) is 5. The number of ether oxygens (including phenoxy) is 9. The van der Waals surface area contributed by atoms with Crippen LogP contribution in [0.25, 0.3) is 0 Å². The molecular weight excluding hydrogens is 1080 g/mol. The van der Waals surface area contributed by atoms with Gasteiger partial charge in [-0.15, -0.1) is 4.99 Å². The number of aliphatic imine (C=N–C) groups is 1. The lowest BCUT2D eigenvalue weighted by molar-refractivity contribution is -0.384. The molecule has 3 rings (SSSR count). The van der Waals surface area contributed by atoms with Gasteiger partial charge in [0.05, 0.1) is 48.8 Å². The number of hydrogen-bond acceptors (Lipinski definition) is 20. The third-order valence-electron chi connectivity index (χ3n) is 11.4. The van der Waals surface area contributed by atoms with E-state index in [-0.39, 0.29) is 43.9 Å². The van der Waals surface area contributed by atoms with Crippen molar-refractivity contribution in [2.75, 3.05) is 26.8 Å². The molecule has 8 N–H and O–H groups in total. The second-order valence-corrected chi connectivity index (χ2v) is 24.9. The van der Waals surface area contributed by atoms with Crippen molar-refractivity contribution >= 4 is 48.0 Å². The monoisotopic (exact) mass is 1170 g/mol. The Labute approximate surface area is 479 Å². The van der Waals surface area contributed by atoms with Crippen LogP contribution in [0.15, 0.2) is 41.1 Å². The van der Waals surface area contributed by atoms with Gasteiger partial charge in [0.1, 0.15) is 59.2 Å². The van der Waals surface area contributed by atoms with E-state index >= 15 is 0 Å². The van der Waals surface area contributed by atoms with Crippen LogP contribution in [-0.4, -0.2) is 178 Å². The van der Waals surface area contributed by atoms with Gasteiger partial charge >= 0.3 is 30.5 Å². The van der Waals surface area contributed by atoms with E-state index in [0.29, 0.717) is 5.56 Å². The molecule has 464 valence electrons. The number of carbonyl (C=O) groups excluding carboxylic acids is 6. The Kier molecular flexibility index (Phi) is 25.1. The van der Waals surface area contributed by atoms with Gasteiger partial charge in [-0.1, -0.05) is 20.8 Å². The maximum atomic E-state index is 13.9. The number of nitro benzene ring substituents is 1. The van der Waals surface area contributed by atoms with Crippen LogP contribution in [0.2, 0.25) is 0 Å². The van der Waals surface area contributed by atoms with Gasteiger partial charge in [0, 0.05) is 25.6 Å². The van der Waals surface area contributed by atoms with Crippen LogP contribution < -0.4 is 26.6 Å². The molecule has 1 aromatic rings. The van der Waals surface area contributed by atoms with E-state index < -0.39 is 149 Å². The molecule has 2 aliphatic rings. The molecule has 0 spiro atoms. The Hall–Kier alpha value is -6.59. The molecule has 0 bridgehead atoms. The minimum absolute atomic E-state index is 0.0251. The number of likely N-dealkylation sites (N-methyl/N-ethyl adjacent to an activating group) is 1. The van der Waals surface area contributed by atoms with Crippen LogP contribution in [0.4, 0.5) is 29.7 Å². The summed E-state index contributed by atoms with van der Waals surface area (Å²) in [4.78, 5) is 96.1. The Balaban J connectivity index is 2.23. The summed E-state index contributed by atoms with van der Waals surface area (Å²) in [7, 11) is 1.37. The van der Waals surface area contributed by atoms with Crippen LogP contribution in [0.3, 0.4) is 0 Å². The molecule has 6 amide bonds. The van der Waals surface area contributed by atoms with E-state index in [1.54, 1.807) is 83.1 Å². The van der Waals surface area contributed by atoms with Crippen molar-refractivity contribution in [1.29, 1.82) is 0 Å². The Morgan fingerprint density at radius 3 is 1.91 bits per heavy atom. The maximum Gasteiger partial charge on any atom is 0.437 e. The summed E-state index contributed by atoms with van der Waals surface area (Å²) in [6.07, 6.45) is -14.1. The summed E-state index contributed by atoms with van der Waals surface area (Å²) in [5, 5.41) is 59.4. The fourth-order valence-electron chi connectivity index (χ4n) is 7.82. The molecule has 1 fully saturated rings. The van der Waals surface area contributed by atoms with Gasteiger partial charge in [-0.2, -0.15) is 0 Å². The summed E-state index contributed by atoms with van der Waals surface area (Å²) >= 11 is 0. The second-order valence-electron chi connectivity index (χ2n) is 24.9. The number of carbonyl (C=O) groups is 6. The van der Waals surface area contributed by atoms with Crippen LogP contribution >= 0.6 is 0 Å². The van der Waals surface area contributed by atoms with Gasteiger partial charge in [-0.3, -0.25) is 20.2 Å². The lowest BCUT2D eigenvalue weighted by Gasteiger charge is -2.48. The van der Waals surface area contributed by atoms with E-state index in [9.17, 15) is 54.2 Å². The number of aliphatic hydroxyl groups excluding tert-OH is 3. The zero-order valence-electron chi connectivity index (χ0n) is 50.2. The van der Waals surface area contributed by atoms with E-state index in [2.05, 4.69) is 31.6 Å². The van der Waals surface area contributed by atoms with Crippen molar-refractivity contribution < 1.29 is 91.6 Å². The van der Waals surface area contributed by atoms with Gasteiger partial charge in [-0.25, -0.2) is 24.0 Å². The van der Waals surface area contributed by atoms with Gasteiger partial charge in [0.15, 0.2) is 6.29 Å². The molecule has 1 aliphatic carbocycles. The van der Waals surface area contributed by atoms with Crippen molar-refractivity contribution in [3.63, 3.8) is 0 Å². The molecule has 1 aliphatic heterocycles. The highest BCUT2D eigenvalue weighted by molar-refractivity contribution is 5.99. The highest BCUT2D eigenvalue weighted by Crippen LogP contribution is 2.33. The number of nitrogens with zero attached hydrogens (tertiary/aromatic N) is 3. The first-order valence-corrected chi connectivity index (χ1v) is 26.8. The maximum absolute atomic E-state index is 13.9. The SMILES string of the molecule is C[C@@H]([C@@H](O)[C@H](OCCO)O[C@@H]1[C@@H](O)[C@H](O[C@H]2OC(CNC(=O)OCc3ccc([N+](=O)[O-])cc3)=CC[C@H]2N/C(=N/C(=O)OC(C)(C)C)NC(=O)OC(C)(C)C)[C@@H](NC(=O)OC(C)(C)C)C[C@H]1NC(=O)CC(C)(C)C)N(C)C(=O)OC(C)(C)C. The second kappa shape index (κ2) is 29.6. The van der Waals surface area contributed by atoms with Crippen LogP contribution in [0, 0.1) is 15.5 Å². The highest BCUT2D eigenvalue weighted by atomic mass is 16.7. The Morgan fingerprint density at radius 1 is 0.793 bits per heavy atom. The number of guanidine groups is 1. The average molecular weight is 1170 g/mol. The summed E-state index contributed by atoms with van der Waals surface area (Å²) in [6.45, 7) is 24.8. The normalized spacial score (nSPS) is 21.8. The van der Waals surface area contributed by atoms with Crippen LogP contribution in [0.5, 0.6) is 0 Å². The first-order valence-electron chi connectivity index (χ1n) is 26.8. The zero-order chi connectivity index (χ0) is 62.3. The summed E-state index contributed by atoms with van der Waals surface area (Å²) in [5.74, 6) is -0.955. The predicted molar refractivity (Wildman–Crippen MR) is 295 cm³/mol. The van der Waals surface area contributed by atoms with Gasteiger partial charge < -0.3 is 84.1 Å². The summed E-state index contributed by atoms with van der Waals surface area (Å²) in [6, 6.07) is 0.512. The molecule has 1 aromatic carbocycles. The van der Waals surface area contributed by atoms with Gasteiger partial charge in [0.25, 0.3) is 5.69 Å². The molecular formula is C54H88N8O20. The summed E-state index contributed by atoms with van der Waals surface area (Å²) in [5.41, 5.74) is -4.28. The van der Waals surface area contributed by atoms with E-state index in [0.717, 1.165) is 4.90 Å². The van der Waals surface area contributed by atoms with Crippen molar-refractivity contribution in [2.45, 2.75) is 220 Å². The number of benzene rings is 1. The molecule has 28 heteroatoms. The molecule has 28 nitrogen and oxygen atoms in total. The Bertz CT molecular complexity index is 2390. The number of alkyl carbamates (subject to hydrolysis) is 3. The molecule has 0 saturated heterocycles. The highest BCUT2D eigenvalue weighted by Gasteiger charge is 2.51. The molecule has 0 radical (unpaired) electrons. The number of aliphatic hydroxyl groups is 3. The van der Waals surface area contributed by atoms with Crippen molar-refractivity contribution in [3.8, 4) is 0 Å². The third-order valence-corrected chi connectivity index (χ3v) is 11.4. The van der Waals surface area contributed by atoms with Crippen molar-refractivity contribution in [2.24, 2.45) is 10.4 Å². The first-order chi connectivity index (χ1) is 37.6. The lowest BCUT2D eigenvalue weighted by Crippen LogP contribution is -2.68. The van der Waals surface area contributed by atoms with Gasteiger partial charge in [0.2, 0.25) is 18.2 Å². The minimum Gasteiger partial charge on any atom is -0.465 e. The predicted octanol–water partition coefficient (Wildman–Crippen LogP) is 5.53. The minimum atomic E-state index is -1.94. The lowest BCUT2D eigenvalue weighted by atomic mass is 9.82. The van der Waals surface area contributed by atoms with Gasteiger partial charge in [-0.05, 0) is 132 Å². The molecule has 82 heavy (non-hydrogen) atoms. The third kappa shape index (κ3) is 25.3. The summed E-state index contributed by atoms with van der Waals surface area (Å²) < 4.78 is 52.9. The smallest absolute Gasteiger partial charge is 0.437 e. The number of hydrogen-bond donors (Lipinski definition) is 8. The molecule has 0 aromatic heterocycles. The number of rotatable bonds is 19. The van der Waals surface area contributed by atoms with Crippen LogP contribution in [-0.2, 0) is 54.0 Å². The van der Waals surface area contributed by atoms with Crippen molar-refractivity contribution in [3.05, 3.63) is 51.8 Å². The van der Waals surface area contributed by atoms with Crippen LogP contribution in [0.1, 0.15) is 136 Å². The van der Waals surface area contributed by atoms with E-state index in [4.69, 9.17) is 42.6 Å². The molecule has 1 saturated carbocycles. The van der Waals surface area contributed by atoms with E-state index in [1.165, 1.54) is 44.3 Å². The quantitative estimate of drug-likeness (QED) is 0.0211. The number of non-ortho nitro benzene ring substituents is 1. The zero-order valence-corrected chi connectivity index (χ0v) is 50.2. The van der Waals surface area contributed by atoms with Crippen molar-refractivity contribution in [1.82, 2.24) is 31.5 Å². The number of amides is 6. The first kappa shape index (κ1) is 69.7. The molecule has 10 atom stereocenters. The molecule has 0 unspecified atom stereocenters. The average Bonchev–Trinajstić information content (AvgIpc) is 3.50. The topological polar surface area (TPSA) is 365 Å². The Morgan fingerprint density at radius 2 is 1.37 bits per heavy atom. The fraction of sp³-hybridized carbons (Fsp3) is 0.722. The molecule has 1 heterocycles. The fourth-order valence-corrected chi connectivity index (χ4v) is 7.82. The standard InChI is InChI=1S/C54H88N8O20/c1-30(61(17)49(71)82-54(14,15)16)38(65)43(74-25-24-63)78-40-35(56-37(64)27-50(2,3)4)26-36(58-46(68)79-51(5,6)7)41(39(40)66)77-42-34(57-44(59-47(69)80-52(8,9)10)60-48(70)81-53(11,12)13)23-22-33(76-42)28-55-45(67)75-29-31-18-20-32(21-19-31)62(72)73/h18-22,30,34-36,38-43,63,65-66H,23-29H2,1-17H3,(H,55,67)(H,56,64)(H,58,68)(H2,57,59,60,69,70)/t30-,34+,35+,36-,38+,39+,40-,41+,42+,43+/m0/s1. The number of nitro groups is 1. The van der Waals surface area contributed by atoms with E-state index in [1.807, 2.05) is 20.8 Å².